The molecule has 0 radical (unpaired) electrons. The highest BCUT2D eigenvalue weighted by Crippen LogP contribution is 2.22. The number of fused-ring (bicyclic) bond motifs is 1. The lowest BCUT2D eigenvalue weighted by Gasteiger charge is -2.22. The molecular weight excluding hydrogens is 358 g/mol. The second-order valence-electron chi connectivity index (χ2n) is 7.46. The van der Waals surface area contributed by atoms with Crippen LogP contribution in [-0.2, 0) is 6.42 Å². The number of benzene rings is 2. The summed E-state index contributed by atoms with van der Waals surface area (Å²) >= 11 is 6.02. The maximum Gasteiger partial charge on any atom is 0.274 e. The molecular formula is C22H24ClN3O. The summed E-state index contributed by atoms with van der Waals surface area (Å²) in [5, 5.41) is 7.28. The summed E-state index contributed by atoms with van der Waals surface area (Å²) in [6, 6.07) is 15.8. The Morgan fingerprint density at radius 1 is 1.07 bits per heavy atom. The average Bonchev–Trinajstić information content (AvgIpc) is 2.90. The first-order chi connectivity index (χ1) is 13.1. The monoisotopic (exact) mass is 381 g/mol. The number of nitrogens with zero attached hydrogens (tertiary/aromatic N) is 3. The van der Waals surface area contributed by atoms with E-state index < -0.39 is 0 Å². The van der Waals surface area contributed by atoms with Crippen LogP contribution in [0.5, 0.6) is 0 Å². The van der Waals surface area contributed by atoms with Crippen LogP contribution >= 0.6 is 11.6 Å². The van der Waals surface area contributed by atoms with Crippen molar-refractivity contribution < 1.29 is 0 Å². The van der Waals surface area contributed by atoms with E-state index in [1.54, 1.807) is 4.68 Å². The molecule has 4 rings (SSSR count). The first kappa shape index (κ1) is 18.2. The molecule has 1 aliphatic heterocycles. The summed E-state index contributed by atoms with van der Waals surface area (Å²) in [6.07, 6.45) is 3.98. The Bertz CT molecular complexity index is 997. The van der Waals surface area contributed by atoms with E-state index in [2.05, 4.69) is 11.9 Å². The van der Waals surface area contributed by atoms with Crippen LogP contribution < -0.4 is 5.56 Å². The van der Waals surface area contributed by atoms with Crippen LogP contribution in [0.2, 0.25) is 5.02 Å². The van der Waals surface area contributed by atoms with Gasteiger partial charge < -0.3 is 4.90 Å². The Hall–Kier alpha value is -2.17. The summed E-state index contributed by atoms with van der Waals surface area (Å²) in [5.74, 6) is 0. The van der Waals surface area contributed by atoms with Crippen LogP contribution in [0.4, 0.5) is 0 Å². The van der Waals surface area contributed by atoms with Gasteiger partial charge in [-0.3, -0.25) is 4.79 Å². The number of likely N-dealkylation sites (N-methyl/N-ethyl adjacent to an activating group) is 1. The maximum atomic E-state index is 13.2. The Morgan fingerprint density at radius 3 is 2.59 bits per heavy atom. The zero-order valence-corrected chi connectivity index (χ0v) is 16.3. The molecule has 4 nitrogen and oxygen atoms in total. The normalized spacial score (nSPS) is 18.5. The summed E-state index contributed by atoms with van der Waals surface area (Å²) < 4.78 is 1.75. The van der Waals surface area contributed by atoms with Gasteiger partial charge >= 0.3 is 0 Å². The molecule has 0 aliphatic carbocycles. The molecule has 1 saturated heterocycles. The molecule has 3 aromatic rings. The van der Waals surface area contributed by atoms with Crippen molar-refractivity contribution in [3.63, 3.8) is 0 Å². The fraction of sp³-hybridized carbons (Fsp3) is 0.364. The molecule has 2 aromatic carbocycles. The highest BCUT2D eigenvalue weighted by atomic mass is 35.5. The summed E-state index contributed by atoms with van der Waals surface area (Å²) in [4.78, 5) is 15.5. The van der Waals surface area contributed by atoms with Gasteiger partial charge in [0.15, 0.2) is 0 Å². The third kappa shape index (κ3) is 3.92. The van der Waals surface area contributed by atoms with Gasteiger partial charge in [0.05, 0.1) is 17.1 Å². The zero-order chi connectivity index (χ0) is 18.8. The van der Waals surface area contributed by atoms with Crippen molar-refractivity contribution in [3.05, 3.63) is 75.2 Å². The molecule has 0 spiro atoms. The zero-order valence-electron chi connectivity index (χ0n) is 15.6. The summed E-state index contributed by atoms with van der Waals surface area (Å²) in [5.41, 5.74) is 2.10. The molecule has 0 bridgehead atoms. The van der Waals surface area contributed by atoms with Crippen LogP contribution in [0.1, 0.15) is 36.6 Å². The number of hydrogen-bond acceptors (Lipinski definition) is 3. The smallest absolute Gasteiger partial charge is 0.274 e. The van der Waals surface area contributed by atoms with Crippen molar-refractivity contribution in [3.8, 4) is 0 Å². The minimum Gasteiger partial charge on any atom is -0.304 e. The van der Waals surface area contributed by atoms with Crippen molar-refractivity contribution in [1.82, 2.24) is 14.7 Å². The number of aromatic nitrogens is 2. The van der Waals surface area contributed by atoms with E-state index in [0.29, 0.717) is 6.42 Å². The van der Waals surface area contributed by atoms with E-state index in [1.165, 1.54) is 6.42 Å². The van der Waals surface area contributed by atoms with Crippen molar-refractivity contribution >= 4 is 22.4 Å². The fourth-order valence-corrected chi connectivity index (χ4v) is 4.08. The second-order valence-corrected chi connectivity index (χ2v) is 7.89. The van der Waals surface area contributed by atoms with Gasteiger partial charge in [-0.1, -0.05) is 41.9 Å². The molecule has 27 heavy (non-hydrogen) atoms. The van der Waals surface area contributed by atoms with E-state index >= 15 is 0 Å². The van der Waals surface area contributed by atoms with Gasteiger partial charge in [-0.2, -0.15) is 5.10 Å². The number of hydrogen-bond donors (Lipinski definition) is 0. The molecule has 1 atom stereocenters. The van der Waals surface area contributed by atoms with Crippen LogP contribution in [-0.4, -0.2) is 34.8 Å². The quantitative estimate of drug-likeness (QED) is 0.679. The molecule has 0 amide bonds. The van der Waals surface area contributed by atoms with Gasteiger partial charge in [-0.05, 0) is 56.6 Å². The molecule has 2 heterocycles. The average molecular weight is 382 g/mol. The molecule has 0 saturated carbocycles. The lowest BCUT2D eigenvalue weighted by atomic mass is 10.0. The summed E-state index contributed by atoms with van der Waals surface area (Å²) in [6.45, 7) is 1.95. The minimum absolute atomic E-state index is 0.0192. The predicted molar refractivity (Wildman–Crippen MR) is 111 cm³/mol. The van der Waals surface area contributed by atoms with Crippen LogP contribution in [0, 0.1) is 0 Å². The van der Waals surface area contributed by atoms with E-state index in [-0.39, 0.29) is 11.6 Å². The maximum absolute atomic E-state index is 13.2. The van der Waals surface area contributed by atoms with Crippen molar-refractivity contribution in [2.24, 2.45) is 0 Å². The van der Waals surface area contributed by atoms with Gasteiger partial charge in [-0.15, -0.1) is 0 Å². The largest absolute Gasteiger partial charge is 0.304 e. The lowest BCUT2D eigenvalue weighted by molar-refractivity contribution is 0.281. The van der Waals surface area contributed by atoms with E-state index in [9.17, 15) is 4.79 Å². The van der Waals surface area contributed by atoms with Crippen molar-refractivity contribution in [1.29, 1.82) is 0 Å². The SMILES string of the molecule is CN1CCCC[C@@H](n2nc(Cc3ccc(Cl)cc3)c3ccccc3c2=O)C1. The van der Waals surface area contributed by atoms with Crippen LogP contribution in [0.15, 0.2) is 53.3 Å². The fourth-order valence-electron chi connectivity index (χ4n) is 3.95. The molecule has 0 unspecified atom stereocenters. The van der Waals surface area contributed by atoms with Gasteiger partial charge in [-0.25, -0.2) is 4.68 Å². The Morgan fingerprint density at radius 2 is 1.81 bits per heavy atom. The second kappa shape index (κ2) is 7.83. The molecule has 140 valence electrons. The summed E-state index contributed by atoms with van der Waals surface area (Å²) in [7, 11) is 2.12. The lowest BCUT2D eigenvalue weighted by Crippen LogP contribution is -2.34. The van der Waals surface area contributed by atoms with E-state index in [0.717, 1.165) is 53.0 Å². The molecule has 0 N–H and O–H groups in total. The van der Waals surface area contributed by atoms with Crippen molar-refractivity contribution in [2.75, 3.05) is 20.1 Å². The van der Waals surface area contributed by atoms with Gasteiger partial charge in [0.25, 0.3) is 5.56 Å². The van der Waals surface area contributed by atoms with E-state index in [4.69, 9.17) is 16.7 Å². The predicted octanol–water partition coefficient (Wildman–Crippen LogP) is 4.30. The number of likely N-dealkylation sites (tertiary alicyclic amines) is 1. The number of halogens is 1. The van der Waals surface area contributed by atoms with E-state index in [1.807, 2.05) is 48.5 Å². The Balaban J connectivity index is 1.81. The number of rotatable bonds is 3. The van der Waals surface area contributed by atoms with Gasteiger partial charge in [0, 0.05) is 23.4 Å². The molecule has 1 fully saturated rings. The standard InChI is InChI=1S/C22H24ClN3O/c1-25-13-5-4-6-18(15-25)26-22(27)20-8-3-2-7-19(20)21(24-26)14-16-9-11-17(23)12-10-16/h2-3,7-12,18H,4-6,13-15H2,1H3/t18-/m1/s1. The Labute approximate surface area is 164 Å². The molecule has 5 heteroatoms. The molecule has 1 aromatic heterocycles. The van der Waals surface area contributed by atoms with Crippen LogP contribution in [0.25, 0.3) is 10.8 Å². The third-order valence-electron chi connectivity index (χ3n) is 5.39. The topological polar surface area (TPSA) is 38.1 Å². The first-order valence-electron chi connectivity index (χ1n) is 9.55. The van der Waals surface area contributed by atoms with Gasteiger partial charge in [0.2, 0.25) is 0 Å². The highest BCUT2D eigenvalue weighted by molar-refractivity contribution is 6.30. The van der Waals surface area contributed by atoms with Gasteiger partial charge in [0.1, 0.15) is 0 Å². The third-order valence-corrected chi connectivity index (χ3v) is 5.64. The first-order valence-corrected chi connectivity index (χ1v) is 9.93. The van der Waals surface area contributed by atoms with Crippen LogP contribution in [0.3, 0.4) is 0 Å². The Kier molecular flexibility index (Phi) is 5.28. The molecule has 1 aliphatic rings. The minimum atomic E-state index is 0.0192. The van der Waals surface area contributed by atoms with Crippen molar-refractivity contribution in [2.45, 2.75) is 31.7 Å². The highest BCUT2D eigenvalue weighted by Gasteiger charge is 2.21.